The van der Waals surface area contributed by atoms with E-state index in [1.807, 2.05) is 0 Å². The van der Waals surface area contributed by atoms with Crippen LogP contribution < -0.4 is 4.74 Å². The van der Waals surface area contributed by atoms with Crippen LogP contribution in [-0.4, -0.2) is 34.8 Å². The quantitative estimate of drug-likeness (QED) is 0.334. The average molecular weight is 393 g/mol. The second-order valence-corrected chi connectivity index (χ2v) is 6.39. The largest absolute Gasteiger partial charge is 0.507 e. The van der Waals surface area contributed by atoms with Crippen molar-refractivity contribution in [1.29, 1.82) is 0 Å². The Bertz CT molecular complexity index is 994. The molecule has 0 saturated carbocycles. The molecule has 2 aromatic carbocycles. The molecule has 1 fully saturated rings. The van der Waals surface area contributed by atoms with E-state index in [-0.39, 0.29) is 23.4 Å². The number of Topliss-reactive ketones (excluding diaryl/α,β-unsaturated/α-hetero) is 1. The van der Waals surface area contributed by atoms with Gasteiger partial charge in [-0.05, 0) is 30.3 Å². The van der Waals surface area contributed by atoms with Crippen molar-refractivity contribution in [3.8, 4) is 5.75 Å². The number of ketones is 1. The number of rotatable bonds is 7. The van der Waals surface area contributed by atoms with Gasteiger partial charge in [-0.15, -0.1) is 6.58 Å². The van der Waals surface area contributed by atoms with Crippen molar-refractivity contribution < 1.29 is 23.8 Å². The third-order valence-corrected chi connectivity index (χ3v) is 4.56. The lowest BCUT2D eigenvalue weighted by atomic mass is 9.95. The van der Waals surface area contributed by atoms with Crippen LogP contribution in [0.5, 0.6) is 5.75 Å². The highest BCUT2D eigenvalue weighted by Gasteiger charge is 2.46. The molecule has 2 aromatic rings. The molecule has 5 nitrogen and oxygen atoms in total. The van der Waals surface area contributed by atoms with Crippen LogP contribution in [0.15, 0.2) is 79.4 Å². The second-order valence-electron chi connectivity index (χ2n) is 6.39. The summed E-state index contributed by atoms with van der Waals surface area (Å²) in [4.78, 5) is 26.4. The molecule has 1 aliphatic rings. The number of hydrogen-bond acceptors (Lipinski definition) is 4. The van der Waals surface area contributed by atoms with Crippen LogP contribution >= 0.6 is 0 Å². The van der Waals surface area contributed by atoms with Crippen molar-refractivity contribution in [2.24, 2.45) is 0 Å². The molecule has 0 spiro atoms. The number of ether oxygens (including phenoxy) is 1. The lowest BCUT2D eigenvalue weighted by Gasteiger charge is -2.24. The van der Waals surface area contributed by atoms with Gasteiger partial charge in [0, 0.05) is 17.7 Å². The molecule has 148 valence electrons. The minimum atomic E-state index is -1.05. The van der Waals surface area contributed by atoms with Crippen molar-refractivity contribution >= 4 is 17.4 Å². The minimum Gasteiger partial charge on any atom is -0.507 e. The van der Waals surface area contributed by atoms with Crippen LogP contribution in [0.2, 0.25) is 0 Å². The van der Waals surface area contributed by atoms with Gasteiger partial charge in [0.25, 0.3) is 11.7 Å². The second kappa shape index (κ2) is 8.56. The Balaban J connectivity index is 2.11. The summed E-state index contributed by atoms with van der Waals surface area (Å²) in [6.45, 7) is 7.53. The van der Waals surface area contributed by atoms with Gasteiger partial charge in [-0.25, -0.2) is 4.39 Å². The Morgan fingerprint density at radius 3 is 2.41 bits per heavy atom. The van der Waals surface area contributed by atoms with Gasteiger partial charge in [-0.3, -0.25) is 9.59 Å². The van der Waals surface area contributed by atoms with Crippen molar-refractivity contribution in [2.45, 2.75) is 6.04 Å². The number of aliphatic hydroxyl groups excluding tert-OH is 1. The molecule has 1 amide bonds. The van der Waals surface area contributed by atoms with Gasteiger partial charge in [-0.2, -0.15) is 0 Å². The first-order chi connectivity index (χ1) is 14.0. The number of amides is 1. The number of hydrogen-bond donors (Lipinski definition) is 1. The molecule has 0 radical (unpaired) electrons. The van der Waals surface area contributed by atoms with Crippen molar-refractivity contribution in [1.82, 2.24) is 4.90 Å². The van der Waals surface area contributed by atoms with E-state index in [0.717, 1.165) is 0 Å². The molecular formula is C23H20FNO4. The molecule has 0 aliphatic carbocycles. The summed E-state index contributed by atoms with van der Waals surface area (Å²) in [6.07, 6.45) is 3.05. The molecule has 1 N–H and O–H groups in total. The average Bonchev–Trinajstić information content (AvgIpc) is 2.97. The third kappa shape index (κ3) is 3.82. The lowest BCUT2D eigenvalue weighted by Crippen LogP contribution is -2.30. The van der Waals surface area contributed by atoms with Gasteiger partial charge >= 0.3 is 0 Å². The fraction of sp³-hybridized carbons (Fsp3) is 0.130. The molecular weight excluding hydrogens is 373 g/mol. The maximum absolute atomic E-state index is 14.5. The maximum atomic E-state index is 14.5. The van der Waals surface area contributed by atoms with Gasteiger partial charge in [0.1, 0.15) is 23.9 Å². The molecule has 1 atom stereocenters. The highest BCUT2D eigenvalue weighted by atomic mass is 19.1. The van der Waals surface area contributed by atoms with Crippen LogP contribution in [0, 0.1) is 5.82 Å². The molecule has 1 heterocycles. The summed E-state index contributed by atoms with van der Waals surface area (Å²) in [7, 11) is 0. The van der Waals surface area contributed by atoms with Gasteiger partial charge in [0.2, 0.25) is 0 Å². The maximum Gasteiger partial charge on any atom is 0.295 e. The summed E-state index contributed by atoms with van der Waals surface area (Å²) in [5, 5.41) is 10.9. The molecule has 1 saturated heterocycles. The zero-order chi connectivity index (χ0) is 21.0. The highest BCUT2D eigenvalue weighted by molar-refractivity contribution is 6.46. The summed E-state index contributed by atoms with van der Waals surface area (Å²) >= 11 is 0. The zero-order valence-corrected chi connectivity index (χ0v) is 15.7. The number of benzene rings is 2. The first-order valence-electron chi connectivity index (χ1n) is 8.97. The molecule has 6 heteroatoms. The predicted octanol–water partition coefficient (Wildman–Crippen LogP) is 4.00. The zero-order valence-electron chi connectivity index (χ0n) is 15.7. The fourth-order valence-corrected chi connectivity index (χ4v) is 3.25. The third-order valence-electron chi connectivity index (χ3n) is 4.56. The van der Waals surface area contributed by atoms with Gasteiger partial charge < -0.3 is 14.7 Å². The van der Waals surface area contributed by atoms with Crippen LogP contribution in [-0.2, 0) is 9.59 Å². The van der Waals surface area contributed by atoms with E-state index < -0.39 is 23.5 Å². The molecule has 3 rings (SSSR count). The van der Waals surface area contributed by atoms with Crippen LogP contribution in [0.1, 0.15) is 17.2 Å². The van der Waals surface area contributed by atoms with Crippen LogP contribution in [0.25, 0.3) is 5.76 Å². The topological polar surface area (TPSA) is 66.8 Å². The Morgan fingerprint density at radius 2 is 1.79 bits per heavy atom. The highest BCUT2D eigenvalue weighted by Crippen LogP contribution is 2.40. The molecule has 1 aliphatic heterocycles. The lowest BCUT2D eigenvalue weighted by molar-refractivity contribution is -0.139. The monoisotopic (exact) mass is 393 g/mol. The van der Waals surface area contributed by atoms with E-state index in [1.165, 1.54) is 29.2 Å². The Kier molecular flexibility index (Phi) is 5.93. The van der Waals surface area contributed by atoms with E-state index in [0.29, 0.717) is 17.9 Å². The van der Waals surface area contributed by atoms with Crippen molar-refractivity contribution in [2.75, 3.05) is 13.2 Å². The van der Waals surface area contributed by atoms with Crippen LogP contribution in [0.4, 0.5) is 4.39 Å². The number of aliphatic hydroxyl groups is 1. The molecule has 0 aromatic heterocycles. The number of likely N-dealkylation sites (tertiary alicyclic amines) is 1. The van der Waals surface area contributed by atoms with E-state index in [4.69, 9.17) is 4.74 Å². The standard InChI is InChI=1S/C23H20FNO4/c1-3-13-25-20(17-7-5-6-8-18(17)24)19(22(27)23(25)28)21(26)15-9-11-16(12-10-15)29-14-4-2/h3-12,20,26H,1-2,13-14H2/b21-19+. The number of halogens is 1. The van der Waals surface area contributed by atoms with Crippen molar-refractivity contribution in [3.63, 3.8) is 0 Å². The summed E-state index contributed by atoms with van der Waals surface area (Å²) < 4.78 is 19.9. The van der Waals surface area contributed by atoms with E-state index in [9.17, 15) is 19.1 Å². The first kappa shape index (κ1) is 20.1. The summed E-state index contributed by atoms with van der Waals surface area (Å²) in [5.74, 6) is -2.08. The molecule has 0 bridgehead atoms. The first-order valence-corrected chi connectivity index (χ1v) is 8.97. The number of carbonyl (C=O) groups is 2. The Hall–Kier alpha value is -3.67. The van der Waals surface area contributed by atoms with Crippen molar-refractivity contribution in [3.05, 3.63) is 96.4 Å². The van der Waals surface area contributed by atoms with E-state index in [2.05, 4.69) is 13.2 Å². The van der Waals surface area contributed by atoms with E-state index in [1.54, 1.807) is 36.4 Å². The van der Waals surface area contributed by atoms with Gasteiger partial charge in [-0.1, -0.05) is 36.9 Å². The molecule has 1 unspecified atom stereocenters. The number of carbonyl (C=O) groups excluding carboxylic acids is 2. The van der Waals surface area contributed by atoms with E-state index >= 15 is 0 Å². The Morgan fingerprint density at radius 1 is 1.10 bits per heavy atom. The Labute approximate surface area is 168 Å². The predicted molar refractivity (Wildman–Crippen MR) is 108 cm³/mol. The normalized spacial score (nSPS) is 18.0. The SMILES string of the molecule is C=CCOc1ccc(/C(O)=C2\C(=O)C(=O)N(CC=C)C2c2ccccc2F)cc1. The number of nitrogens with zero attached hydrogens (tertiary/aromatic N) is 1. The van der Waals surface area contributed by atoms with Gasteiger partial charge in [0.05, 0.1) is 11.6 Å². The minimum absolute atomic E-state index is 0.0364. The van der Waals surface area contributed by atoms with Gasteiger partial charge in [0.15, 0.2) is 0 Å². The van der Waals surface area contributed by atoms with Crippen LogP contribution in [0.3, 0.4) is 0 Å². The fourth-order valence-electron chi connectivity index (χ4n) is 3.25. The summed E-state index contributed by atoms with van der Waals surface area (Å²) in [5.41, 5.74) is 0.275. The molecule has 29 heavy (non-hydrogen) atoms. The smallest absolute Gasteiger partial charge is 0.295 e. The summed E-state index contributed by atoms with van der Waals surface area (Å²) in [6, 6.07) is 11.2.